The van der Waals surface area contributed by atoms with Crippen molar-refractivity contribution >= 4 is 11.6 Å². The summed E-state index contributed by atoms with van der Waals surface area (Å²) in [6, 6.07) is 7.79. The first-order valence-electron chi connectivity index (χ1n) is 7.22. The molecule has 1 aromatic carbocycles. The van der Waals surface area contributed by atoms with Crippen molar-refractivity contribution in [1.29, 1.82) is 0 Å². The predicted molar refractivity (Wildman–Crippen MR) is 83.9 cm³/mol. The maximum Gasteiger partial charge on any atom is 0.244 e. The van der Waals surface area contributed by atoms with Gasteiger partial charge in [0, 0.05) is 24.6 Å². The Hall–Kier alpha value is -2.14. The van der Waals surface area contributed by atoms with Crippen LogP contribution < -0.4 is 11.1 Å². The van der Waals surface area contributed by atoms with Crippen LogP contribution in [0.5, 0.6) is 0 Å². The maximum absolute atomic E-state index is 12.3. The molecule has 112 valence electrons. The molecule has 0 spiro atoms. The number of rotatable bonds is 6. The average Bonchev–Trinajstić information content (AvgIpc) is 2.99. The van der Waals surface area contributed by atoms with Crippen molar-refractivity contribution in [3.63, 3.8) is 0 Å². The van der Waals surface area contributed by atoms with Gasteiger partial charge in [-0.2, -0.15) is 0 Å². The van der Waals surface area contributed by atoms with Crippen molar-refractivity contribution in [2.75, 3.05) is 5.32 Å². The number of hydrogen-bond acceptors (Lipinski definition) is 3. The molecule has 0 unspecified atom stereocenters. The molecule has 1 amide bonds. The molecule has 2 aromatic rings. The first-order valence-corrected chi connectivity index (χ1v) is 7.22. The van der Waals surface area contributed by atoms with E-state index in [-0.39, 0.29) is 5.91 Å². The highest BCUT2D eigenvalue weighted by Gasteiger charge is 2.29. The van der Waals surface area contributed by atoms with E-state index in [1.165, 1.54) is 0 Å². The zero-order valence-corrected chi connectivity index (χ0v) is 12.5. The summed E-state index contributed by atoms with van der Waals surface area (Å²) in [6.07, 6.45) is 6.65. The van der Waals surface area contributed by atoms with Gasteiger partial charge in [-0.15, -0.1) is 0 Å². The number of hydrogen-bond donors (Lipinski definition) is 2. The molecule has 5 heteroatoms. The molecule has 0 fully saturated rings. The van der Waals surface area contributed by atoms with Crippen LogP contribution in [-0.4, -0.2) is 21.0 Å². The Morgan fingerprint density at radius 2 is 2.14 bits per heavy atom. The van der Waals surface area contributed by atoms with Crippen molar-refractivity contribution in [3.8, 4) is 0 Å². The highest BCUT2D eigenvalue weighted by molar-refractivity contribution is 5.97. The molecular weight excluding hydrogens is 264 g/mol. The molecule has 0 atom stereocenters. The lowest BCUT2D eigenvalue weighted by molar-refractivity contribution is -0.121. The molecule has 0 aliphatic heterocycles. The molecule has 0 saturated heterocycles. The second-order valence-electron chi connectivity index (χ2n) is 5.25. The van der Waals surface area contributed by atoms with E-state index in [9.17, 15) is 4.79 Å². The zero-order chi connectivity index (χ0) is 15.3. The Balaban J connectivity index is 2.09. The number of anilines is 1. The summed E-state index contributed by atoms with van der Waals surface area (Å²) in [5.41, 5.74) is 7.18. The van der Waals surface area contributed by atoms with Gasteiger partial charge in [0.25, 0.3) is 0 Å². The van der Waals surface area contributed by atoms with E-state index in [2.05, 4.69) is 10.3 Å². The molecule has 3 N–H and O–H groups in total. The lowest BCUT2D eigenvalue weighted by Crippen LogP contribution is -2.50. The van der Waals surface area contributed by atoms with Gasteiger partial charge in [-0.25, -0.2) is 4.98 Å². The Bertz CT molecular complexity index is 588. The van der Waals surface area contributed by atoms with Crippen LogP contribution in [0.2, 0.25) is 0 Å². The number of imidazole rings is 1. The normalized spacial score (nSPS) is 11.4. The Kier molecular flexibility index (Phi) is 4.75. The molecule has 0 aliphatic carbocycles. The summed E-state index contributed by atoms with van der Waals surface area (Å²) < 4.78 is 1.98. The van der Waals surface area contributed by atoms with Crippen LogP contribution in [0.25, 0.3) is 0 Å². The van der Waals surface area contributed by atoms with Crippen LogP contribution >= 0.6 is 0 Å². The molecule has 0 aliphatic rings. The van der Waals surface area contributed by atoms with Gasteiger partial charge >= 0.3 is 0 Å². The van der Waals surface area contributed by atoms with E-state index in [4.69, 9.17) is 5.73 Å². The van der Waals surface area contributed by atoms with Crippen molar-refractivity contribution in [1.82, 2.24) is 9.55 Å². The first kappa shape index (κ1) is 15.3. The van der Waals surface area contributed by atoms with Crippen LogP contribution in [0.3, 0.4) is 0 Å². The molecule has 0 saturated carbocycles. The monoisotopic (exact) mass is 286 g/mol. The Morgan fingerprint density at radius 1 is 1.38 bits per heavy atom. The number of carbonyl (C=O) groups excluding carboxylic acids is 1. The summed E-state index contributed by atoms with van der Waals surface area (Å²) in [6.45, 7) is 4.58. The fraction of sp³-hybridized carbons (Fsp3) is 0.375. The smallest absolute Gasteiger partial charge is 0.244 e. The lowest BCUT2D eigenvalue weighted by Gasteiger charge is -2.25. The van der Waals surface area contributed by atoms with Crippen LogP contribution in [0.15, 0.2) is 43.0 Å². The molecule has 0 bridgehead atoms. The van der Waals surface area contributed by atoms with Crippen molar-refractivity contribution in [2.24, 2.45) is 5.73 Å². The van der Waals surface area contributed by atoms with E-state index in [0.717, 1.165) is 17.8 Å². The van der Waals surface area contributed by atoms with Crippen LogP contribution in [0.1, 0.15) is 32.3 Å². The summed E-state index contributed by atoms with van der Waals surface area (Å²) in [4.78, 5) is 16.3. The zero-order valence-electron chi connectivity index (χ0n) is 12.5. The van der Waals surface area contributed by atoms with Gasteiger partial charge in [-0.3, -0.25) is 4.79 Å². The minimum atomic E-state index is -0.805. The fourth-order valence-corrected chi connectivity index (χ4v) is 2.17. The van der Waals surface area contributed by atoms with Gasteiger partial charge in [-0.05, 0) is 30.5 Å². The van der Waals surface area contributed by atoms with Crippen molar-refractivity contribution in [2.45, 2.75) is 38.8 Å². The second-order valence-corrected chi connectivity index (χ2v) is 5.25. The summed E-state index contributed by atoms with van der Waals surface area (Å²) in [5.74, 6) is -0.132. The van der Waals surface area contributed by atoms with Crippen molar-refractivity contribution in [3.05, 3.63) is 48.5 Å². The molecule has 5 nitrogen and oxygen atoms in total. The van der Waals surface area contributed by atoms with E-state index in [1.54, 1.807) is 12.5 Å². The number of nitrogens with zero attached hydrogens (tertiary/aromatic N) is 2. The van der Waals surface area contributed by atoms with E-state index < -0.39 is 5.54 Å². The number of aromatic nitrogens is 2. The third-order valence-electron chi connectivity index (χ3n) is 3.82. The van der Waals surface area contributed by atoms with Crippen molar-refractivity contribution < 1.29 is 4.79 Å². The average molecular weight is 286 g/mol. The van der Waals surface area contributed by atoms with E-state index in [1.807, 2.05) is 48.9 Å². The Labute approximate surface area is 125 Å². The highest BCUT2D eigenvalue weighted by atomic mass is 16.2. The maximum atomic E-state index is 12.3. The Morgan fingerprint density at radius 3 is 2.76 bits per heavy atom. The number of benzene rings is 1. The SMILES string of the molecule is CCC(N)(CC)C(=O)Nc1cccc(Cn2ccnc2)c1. The van der Waals surface area contributed by atoms with Gasteiger partial charge < -0.3 is 15.6 Å². The number of carbonyl (C=O) groups is 1. The van der Waals surface area contributed by atoms with Gasteiger partial charge in [-0.1, -0.05) is 26.0 Å². The molecule has 2 rings (SSSR count). The molecule has 1 heterocycles. The summed E-state index contributed by atoms with van der Waals surface area (Å²) in [7, 11) is 0. The van der Waals surface area contributed by atoms with Gasteiger partial charge in [0.1, 0.15) is 0 Å². The number of nitrogens with one attached hydrogen (secondary N) is 1. The summed E-state index contributed by atoms with van der Waals surface area (Å²) in [5, 5.41) is 2.92. The van der Waals surface area contributed by atoms with E-state index >= 15 is 0 Å². The number of nitrogens with two attached hydrogens (primary N) is 1. The lowest BCUT2D eigenvalue weighted by atomic mass is 9.93. The fourth-order valence-electron chi connectivity index (χ4n) is 2.17. The summed E-state index contributed by atoms with van der Waals surface area (Å²) >= 11 is 0. The second kappa shape index (κ2) is 6.54. The van der Waals surface area contributed by atoms with Gasteiger partial charge in [0.2, 0.25) is 5.91 Å². The third-order valence-corrected chi connectivity index (χ3v) is 3.82. The molecular formula is C16H22N4O. The van der Waals surface area contributed by atoms with Gasteiger partial charge in [0.05, 0.1) is 11.9 Å². The van der Waals surface area contributed by atoms with Gasteiger partial charge in [0.15, 0.2) is 0 Å². The topological polar surface area (TPSA) is 72.9 Å². The predicted octanol–water partition coefficient (Wildman–Crippen LogP) is 2.39. The quantitative estimate of drug-likeness (QED) is 0.856. The number of amides is 1. The molecule has 1 aromatic heterocycles. The standard InChI is InChI=1S/C16H22N4O/c1-3-16(17,4-2)15(21)19-14-7-5-6-13(10-14)11-20-9-8-18-12-20/h5-10,12H,3-4,11,17H2,1-2H3,(H,19,21). The molecule has 21 heavy (non-hydrogen) atoms. The molecule has 0 radical (unpaired) electrons. The largest absolute Gasteiger partial charge is 0.333 e. The first-order chi connectivity index (χ1) is 10.1. The van der Waals surface area contributed by atoms with Crippen LogP contribution in [0.4, 0.5) is 5.69 Å². The highest BCUT2D eigenvalue weighted by Crippen LogP contribution is 2.17. The minimum absolute atomic E-state index is 0.132. The van der Waals surface area contributed by atoms with E-state index in [0.29, 0.717) is 12.8 Å². The van der Waals surface area contributed by atoms with Crippen LogP contribution in [-0.2, 0) is 11.3 Å². The van der Waals surface area contributed by atoms with Crippen LogP contribution in [0, 0.1) is 0 Å². The minimum Gasteiger partial charge on any atom is -0.333 e. The third kappa shape index (κ3) is 3.70.